The zero-order valence-electron chi connectivity index (χ0n) is 24.0. The van der Waals surface area contributed by atoms with Crippen molar-refractivity contribution in [2.45, 2.75) is 82.1 Å². The molecule has 6 rings (SSSR count). The lowest BCUT2D eigenvalue weighted by Gasteiger charge is -2.65. The van der Waals surface area contributed by atoms with Crippen LogP contribution in [0.4, 0.5) is 0 Å². The molecule has 5 atom stereocenters. The Bertz CT molecular complexity index is 1400. The Kier molecular flexibility index (Phi) is 7.40. The van der Waals surface area contributed by atoms with E-state index in [1.807, 2.05) is 23.1 Å². The second-order valence-electron chi connectivity index (χ2n) is 12.5. The average Bonchev–Trinajstić information content (AvgIpc) is 3.25. The molecule has 2 aliphatic heterocycles. The van der Waals surface area contributed by atoms with Crippen LogP contribution < -0.4 is 4.74 Å². The number of nitrogens with zero attached hydrogens (tertiary/aromatic N) is 2. The lowest BCUT2D eigenvalue weighted by atomic mass is 9.48. The van der Waals surface area contributed by atoms with E-state index in [0.29, 0.717) is 29.4 Å². The summed E-state index contributed by atoms with van der Waals surface area (Å²) in [5.41, 5.74) is 2.00. The third-order valence-corrected chi connectivity index (χ3v) is 10.5. The van der Waals surface area contributed by atoms with E-state index in [9.17, 15) is 9.59 Å². The minimum absolute atomic E-state index is 0.0107. The fraction of sp³-hybridized carbons (Fsp3) is 0.515. The second-order valence-corrected chi connectivity index (χ2v) is 13.3. The number of piperidine rings is 1. The van der Waals surface area contributed by atoms with Gasteiger partial charge in [-0.1, -0.05) is 61.3 Å². The summed E-state index contributed by atoms with van der Waals surface area (Å²) in [6, 6.07) is 11.5. The smallest absolute Gasteiger partial charge is 0.303 e. The number of carbonyl (C=O) groups is 2. The van der Waals surface area contributed by atoms with Crippen molar-refractivity contribution < 1.29 is 19.1 Å². The first-order chi connectivity index (χ1) is 19.6. The van der Waals surface area contributed by atoms with E-state index in [1.54, 1.807) is 12.1 Å². The van der Waals surface area contributed by atoms with Gasteiger partial charge in [-0.25, -0.2) is 0 Å². The molecule has 2 aliphatic carbocycles. The highest BCUT2D eigenvalue weighted by atomic mass is 35.5. The molecule has 2 aromatic carbocycles. The Morgan fingerprint density at radius 1 is 1.22 bits per heavy atom. The number of amides is 1. The maximum atomic E-state index is 14.1. The standard InChI is InChI=1S/C33H38Cl2N2O4/c1-5-14-36-15-13-32-30-23-7-6-8-27(30)40-31(32)26(11-12-33(32,28(36)18-23)41-21(4)38)37(19-20(2)3)29(39)17-22-9-10-24(34)25(35)16-22/h5-10,16,20,26,28,31H,1,11-15,17-19H2,2-4H3/t26-,28+,31-,32-,33+/m0/s1. The van der Waals surface area contributed by atoms with E-state index < -0.39 is 11.0 Å². The van der Waals surface area contributed by atoms with Crippen LogP contribution in [0.25, 0.3) is 0 Å². The first-order valence-corrected chi connectivity index (χ1v) is 15.4. The lowest BCUT2D eigenvalue weighted by molar-refractivity contribution is -0.223. The van der Waals surface area contributed by atoms with Crippen LogP contribution in [0, 0.1) is 5.92 Å². The van der Waals surface area contributed by atoms with Gasteiger partial charge < -0.3 is 14.4 Å². The molecule has 2 fully saturated rings. The van der Waals surface area contributed by atoms with Crippen molar-refractivity contribution in [3.05, 3.63) is 75.8 Å². The monoisotopic (exact) mass is 596 g/mol. The molecule has 6 nitrogen and oxygen atoms in total. The summed E-state index contributed by atoms with van der Waals surface area (Å²) >= 11 is 12.4. The normalized spacial score (nSPS) is 29.5. The van der Waals surface area contributed by atoms with Crippen molar-refractivity contribution in [1.29, 1.82) is 0 Å². The summed E-state index contributed by atoms with van der Waals surface area (Å²) in [6.45, 7) is 12.0. The first kappa shape index (κ1) is 28.6. The van der Waals surface area contributed by atoms with Gasteiger partial charge in [0.25, 0.3) is 0 Å². The van der Waals surface area contributed by atoms with Gasteiger partial charge in [-0.3, -0.25) is 14.5 Å². The Balaban J connectivity index is 1.45. The number of ether oxygens (including phenoxy) is 2. The molecule has 4 aliphatic rings. The van der Waals surface area contributed by atoms with E-state index in [1.165, 1.54) is 18.1 Å². The highest BCUT2D eigenvalue weighted by molar-refractivity contribution is 6.42. The van der Waals surface area contributed by atoms with E-state index in [4.69, 9.17) is 32.7 Å². The summed E-state index contributed by atoms with van der Waals surface area (Å²) in [5.74, 6) is 0.899. The van der Waals surface area contributed by atoms with Crippen LogP contribution in [0.2, 0.25) is 10.0 Å². The predicted octanol–water partition coefficient (Wildman–Crippen LogP) is 6.00. The van der Waals surface area contributed by atoms with Gasteiger partial charge in [0.1, 0.15) is 17.5 Å². The van der Waals surface area contributed by atoms with Crippen LogP contribution >= 0.6 is 23.2 Å². The Morgan fingerprint density at radius 3 is 2.73 bits per heavy atom. The molecule has 1 saturated carbocycles. The van der Waals surface area contributed by atoms with Crippen molar-refractivity contribution in [2.75, 3.05) is 19.6 Å². The number of benzene rings is 2. The minimum Gasteiger partial charge on any atom is -0.487 e. The van der Waals surface area contributed by atoms with Gasteiger partial charge >= 0.3 is 5.97 Å². The van der Waals surface area contributed by atoms with Crippen molar-refractivity contribution in [3.63, 3.8) is 0 Å². The fourth-order valence-electron chi connectivity index (χ4n) is 8.45. The Hall–Kier alpha value is -2.54. The van der Waals surface area contributed by atoms with E-state index >= 15 is 0 Å². The van der Waals surface area contributed by atoms with E-state index in [-0.39, 0.29) is 42.4 Å². The van der Waals surface area contributed by atoms with Gasteiger partial charge in [0.05, 0.1) is 34.0 Å². The van der Waals surface area contributed by atoms with Gasteiger partial charge in [0.15, 0.2) is 0 Å². The summed E-state index contributed by atoms with van der Waals surface area (Å²) in [5, 5.41) is 0.911. The van der Waals surface area contributed by atoms with Crippen LogP contribution in [-0.2, 0) is 32.6 Å². The van der Waals surface area contributed by atoms with E-state index in [0.717, 1.165) is 37.2 Å². The van der Waals surface area contributed by atoms with Crippen LogP contribution in [0.5, 0.6) is 5.75 Å². The molecule has 218 valence electrons. The third kappa shape index (κ3) is 4.40. The quantitative estimate of drug-likeness (QED) is 0.276. The molecule has 8 heteroatoms. The molecule has 0 unspecified atom stereocenters. The predicted molar refractivity (Wildman–Crippen MR) is 161 cm³/mol. The number of halogens is 2. The molecule has 41 heavy (non-hydrogen) atoms. The highest BCUT2D eigenvalue weighted by Crippen LogP contribution is 2.65. The number of rotatable bonds is 8. The zero-order chi connectivity index (χ0) is 29.1. The zero-order valence-corrected chi connectivity index (χ0v) is 25.5. The SMILES string of the molecule is C=CCN1CC[C@]23c4c5cccc4O[C@H]2[C@@H](N(CC(C)C)C(=O)Cc2ccc(Cl)c(Cl)c2)CC[C@@]3(OC(C)=O)[C@H]1C5. The van der Waals surface area contributed by atoms with Crippen molar-refractivity contribution in [1.82, 2.24) is 9.80 Å². The molecule has 2 heterocycles. The number of hydrogen-bond acceptors (Lipinski definition) is 5. The topological polar surface area (TPSA) is 59.1 Å². The molecule has 0 N–H and O–H groups in total. The van der Waals surface area contributed by atoms with Gasteiger partial charge in [-0.15, -0.1) is 6.58 Å². The van der Waals surface area contributed by atoms with E-state index in [2.05, 4.69) is 37.5 Å². The van der Waals surface area contributed by atoms with Crippen molar-refractivity contribution >= 4 is 35.1 Å². The summed E-state index contributed by atoms with van der Waals surface area (Å²) in [4.78, 5) is 31.4. The van der Waals surface area contributed by atoms with Gasteiger partial charge in [-0.05, 0) is 60.9 Å². The third-order valence-electron chi connectivity index (χ3n) is 9.71. The lowest BCUT2D eigenvalue weighted by Crippen LogP contribution is -2.79. The van der Waals surface area contributed by atoms with Gasteiger partial charge in [-0.2, -0.15) is 0 Å². The summed E-state index contributed by atoms with van der Waals surface area (Å²) in [7, 11) is 0. The summed E-state index contributed by atoms with van der Waals surface area (Å²) in [6.07, 6.45) is 4.76. The summed E-state index contributed by atoms with van der Waals surface area (Å²) < 4.78 is 13.5. The van der Waals surface area contributed by atoms with Crippen LogP contribution in [0.3, 0.4) is 0 Å². The Morgan fingerprint density at radius 2 is 2.02 bits per heavy atom. The number of likely N-dealkylation sites (tertiary alicyclic amines) is 1. The Labute approximate surface area is 252 Å². The molecule has 2 aromatic rings. The van der Waals surface area contributed by atoms with Crippen molar-refractivity contribution in [3.8, 4) is 5.75 Å². The molecule has 1 spiro atoms. The average molecular weight is 598 g/mol. The second kappa shape index (κ2) is 10.6. The highest BCUT2D eigenvalue weighted by Gasteiger charge is 2.75. The van der Waals surface area contributed by atoms with Crippen molar-refractivity contribution in [2.24, 2.45) is 5.92 Å². The number of hydrogen-bond donors (Lipinski definition) is 0. The van der Waals surface area contributed by atoms with Crippen LogP contribution in [-0.4, -0.2) is 65.1 Å². The van der Waals surface area contributed by atoms with Crippen LogP contribution in [0.1, 0.15) is 56.7 Å². The fourth-order valence-corrected chi connectivity index (χ4v) is 8.77. The molecule has 1 saturated heterocycles. The van der Waals surface area contributed by atoms with Crippen LogP contribution in [0.15, 0.2) is 49.1 Å². The molecular formula is C33H38Cl2N2O4. The number of esters is 1. The maximum Gasteiger partial charge on any atom is 0.303 e. The minimum atomic E-state index is -0.739. The molecular weight excluding hydrogens is 559 g/mol. The van der Waals surface area contributed by atoms with Gasteiger partial charge in [0.2, 0.25) is 5.91 Å². The maximum absolute atomic E-state index is 14.1. The molecule has 0 radical (unpaired) electrons. The molecule has 1 amide bonds. The first-order valence-electron chi connectivity index (χ1n) is 14.7. The molecule has 2 bridgehead atoms. The largest absolute Gasteiger partial charge is 0.487 e. The van der Waals surface area contributed by atoms with Gasteiger partial charge in [0, 0.05) is 32.1 Å². The molecule has 0 aromatic heterocycles. The number of carbonyl (C=O) groups excluding carboxylic acids is 2.